The van der Waals surface area contributed by atoms with Crippen molar-refractivity contribution in [3.8, 4) is 5.75 Å². The number of benzene rings is 2. The summed E-state index contributed by atoms with van der Waals surface area (Å²) < 4.78 is 56.2. The molecule has 0 spiro atoms. The molecule has 7 heteroatoms. The van der Waals surface area contributed by atoms with E-state index in [1.807, 2.05) is 18.2 Å². The molecular weight excluding hydrogens is 457 g/mol. The maximum absolute atomic E-state index is 13.2. The van der Waals surface area contributed by atoms with Gasteiger partial charge in [-0.15, -0.1) is 0 Å². The molecule has 1 heterocycles. The second-order valence-electron chi connectivity index (χ2n) is 8.61. The van der Waals surface area contributed by atoms with Crippen LogP contribution in [-0.2, 0) is 10.9 Å². The Morgan fingerprint density at radius 3 is 2.17 bits per heavy atom. The van der Waals surface area contributed by atoms with E-state index in [0.29, 0.717) is 6.61 Å². The summed E-state index contributed by atoms with van der Waals surface area (Å²) in [4.78, 5) is 11.8. The molecule has 35 heavy (non-hydrogen) atoms. The van der Waals surface area contributed by atoms with Gasteiger partial charge in [-0.05, 0) is 37.0 Å². The molecule has 1 unspecified atom stereocenters. The van der Waals surface area contributed by atoms with E-state index in [1.54, 1.807) is 0 Å². The molecule has 0 aliphatic rings. The predicted octanol–water partition coefficient (Wildman–Crippen LogP) is 8.09. The molecule has 0 saturated carbocycles. The summed E-state index contributed by atoms with van der Waals surface area (Å²) >= 11 is 0. The summed E-state index contributed by atoms with van der Waals surface area (Å²) in [7, 11) is 0. The molecule has 3 rings (SSSR count). The standard InChI is InChI=1S/C28H33F3O4/c1-2-24(21-14-9-8-10-15-21)33-18-11-6-4-3-5-7-12-19-34-25-20-26(32)35-27-22(25)16-13-17-23(27)28(29,30)31/h8-10,13-17,20,24H,2-7,11-12,18-19H2,1H3. The largest absolute Gasteiger partial charge is 0.493 e. The van der Waals surface area contributed by atoms with E-state index in [0.717, 1.165) is 70.1 Å². The number of hydrogen-bond donors (Lipinski definition) is 0. The molecule has 0 radical (unpaired) electrons. The van der Waals surface area contributed by atoms with Crippen LogP contribution >= 0.6 is 0 Å². The first-order chi connectivity index (χ1) is 16.9. The van der Waals surface area contributed by atoms with Crippen molar-refractivity contribution < 1.29 is 27.1 Å². The molecule has 2 aromatic carbocycles. The van der Waals surface area contributed by atoms with Gasteiger partial charge in [0.2, 0.25) is 0 Å². The van der Waals surface area contributed by atoms with Crippen molar-refractivity contribution >= 4 is 11.0 Å². The fourth-order valence-electron chi connectivity index (χ4n) is 4.11. The lowest BCUT2D eigenvalue weighted by atomic mass is 10.1. The SMILES string of the molecule is CCC(OCCCCCCCCCOc1cc(=O)oc2c(C(F)(F)F)cccc12)c1ccccc1. The number of hydrogen-bond acceptors (Lipinski definition) is 4. The van der Waals surface area contributed by atoms with Crippen LogP contribution in [0.4, 0.5) is 13.2 Å². The lowest BCUT2D eigenvalue weighted by Gasteiger charge is -2.16. The first-order valence-electron chi connectivity index (χ1n) is 12.3. The highest BCUT2D eigenvalue weighted by molar-refractivity contribution is 5.86. The highest BCUT2D eigenvalue weighted by Crippen LogP contribution is 2.36. The Kier molecular flexibility index (Phi) is 10.2. The summed E-state index contributed by atoms with van der Waals surface area (Å²) in [6.07, 6.45) is 3.68. The van der Waals surface area contributed by atoms with Gasteiger partial charge in [0.1, 0.15) is 5.75 Å². The molecule has 0 saturated heterocycles. The third-order valence-corrected chi connectivity index (χ3v) is 5.94. The second-order valence-corrected chi connectivity index (χ2v) is 8.61. The first-order valence-corrected chi connectivity index (χ1v) is 12.3. The smallest absolute Gasteiger partial charge is 0.420 e. The van der Waals surface area contributed by atoms with Gasteiger partial charge >= 0.3 is 11.8 Å². The molecule has 1 atom stereocenters. The molecule has 0 aliphatic carbocycles. The molecule has 1 aromatic heterocycles. The van der Waals surface area contributed by atoms with Gasteiger partial charge in [-0.1, -0.05) is 75.4 Å². The second kappa shape index (κ2) is 13.3. The van der Waals surface area contributed by atoms with Crippen LogP contribution in [0.1, 0.15) is 75.5 Å². The fourth-order valence-corrected chi connectivity index (χ4v) is 4.11. The third kappa shape index (κ3) is 8.13. The summed E-state index contributed by atoms with van der Waals surface area (Å²) in [5.41, 5.74) is -1.10. The van der Waals surface area contributed by atoms with Gasteiger partial charge in [-0.2, -0.15) is 13.2 Å². The zero-order valence-corrected chi connectivity index (χ0v) is 20.1. The third-order valence-electron chi connectivity index (χ3n) is 5.94. The average molecular weight is 491 g/mol. The molecular formula is C28H33F3O4. The van der Waals surface area contributed by atoms with E-state index in [1.165, 1.54) is 17.7 Å². The van der Waals surface area contributed by atoms with Crippen LogP contribution in [0.15, 0.2) is 63.8 Å². The Balaban J connectivity index is 1.31. The number of rotatable bonds is 14. The van der Waals surface area contributed by atoms with Crippen molar-refractivity contribution in [1.29, 1.82) is 0 Å². The van der Waals surface area contributed by atoms with Crippen LogP contribution in [0.5, 0.6) is 5.75 Å². The number of ether oxygens (including phenoxy) is 2. The monoisotopic (exact) mass is 490 g/mol. The highest BCUT2D eigenvalue weighted by Gasteiger charge is 2.34. The normalized spacial score (nSPS) is 12.7. The lowest BCUT2D eigenvalue weighted by molar-refractivity contribution is -0.136. The van der Waals surface area contributed by atoms with Crippen molar-refractivity contribution in [1.82, 2.24) is 0 Å². The van der Waals surface area contributed by atoms with Gasteiger partial charge in [0, 0.05) is 6.61 Å². The topological polar surface area (TPSA) is 48.7 Å². The Hall–Kier alpha value is -2.80. The lowest BCUT2D eigenvalue weighted by Crippen LogP contribution is -2.09. The van der Waals surface area contributed by atoms with Crippen molar-refractivity contribution in [2.45, 2.75) is 70.6 Å². The Labute approximate surface area is 204 Å². The Bertz CT molecular complexity index is 1090. The van der Waals surface area contributed by atoms with Gasteiger partial charge in [0.15, 0.2) is 5.58 Å². The minimum Gasteiger partial charge on any atom is -0.493 e. The van der Waals surface area contributed by atoms with Gasteiger partial charge in [-0.25, -0.2) is 4.79 Å². The summed E-state index contributed by atoms with van der Waals surface area (Å²) in [6, 6.07) is 15.0. The van der Waals surface area contributed by atoms with Crippen LogP contribution in [0, 0.1) is 0 Å². The number of alkyl halides is 3. The molecule has 0 bridgehead atoms. The van der Waals surface area contributed by atoms with E-state index in [-0.39, 0.29) is 17.2 Å². The molecule has 0 aliphatic heterocycles. The van der Waals surface area contributed by atoms with Crippen LogP contribution < -0.4 is 10.4 Å². The maximum Gasteiger partial charge on any atom is 0.420 e. The van der Waals surface area contributed by atoms with E-state index >= 15 is 0 Å². The summed E-state index contributed by atoms with van der Waals surface area (Å²) in [6.45, 7) is 3.23. The zero-order chi connectivity index (χ0) is 25.1. The van der Waals surface area contributed by atoms with E-state index in [2.05, 4.69) is 19.1 Å². The number of fused-ring (bicyclic) bond motifs is 1. The molecule has 0 N–H and O–H groups in total. The molecule has 3 aromatic rings. The predicted molar refractivity (Wildman–Crippen MR) is 131 cm³/mol. The number of unbranched alkanes of at least 4 members (excludes halogenated alkanes) is 6. The quantitative estimate of drug-likeness (QED) is 0.169. The maximum atomic E-state index is 13.2. The van der Waals surface area contributed by atoms with Crippen molar-refractivity contribution in [2.75, 3.05) is 13.2 Å². The summed E-state index contributed by atoms with van der Waals surface area (Å²) in [5, 5.41) is 0.152. The van der Waals surface area contributed by atoms with Gasteiger partial charge in [0.05, 0.1) is 29.7 Å². The molecule has 0 amide bonds. The van der Waals surface area contributed by atoms with Crippen LogP contribution in [0.2, 0.25) is 0 Å². The minimum atomic E-state index is -4.61. The first kappa shape index (κ1) is 26.8. The average Bonchev–Trinajstić information content (AvgIpc) is 2.84. The molecule has 4 nitrogen and oxygen atoms in total. The Morgan fingerprint density at radius 1 is 0.857 bits per heavy atom. The van der Waals surface area contributed by atoms with E-state index < -0.39 is 22.9 Å². The van der Waals surface area contributed by atoms with Crippen LogP contribution in [0.25, 0.3) is 11.0 Å². The number of para-hydroxylation sites is 1. The number of halogens is 3. The Morgan fingerprint density at radius 2 is 1.51 bits per heavy atom. The highest BCUT2D eigenvalue weighted by atomic mass is 19.4. The fraction of sp³-hybridized carbons (Fsp3) is 0.464. The molecule has 0 fully saturated rings. The minimum absolute atomic E-state index is 0.128. The van der Waals surface area contributed by atoms with Crippen LogP contribution in [-0.4, -0.2) is 13.2 Å². The zero-order valence-electron chi connectivity index (χ0n) is 20.1. The van der Waals surface area contributed by atoms with Crippen LogP contribution in [0.3, 0.4) is 0 Å². The van der Waals surface area contributed by atoms with Crippen molar-refractivity contribution in [2.24, 2.45) is 0 Å². The van der Waals surface area contributed by atoms with E-state index in [4.69, 9.17) is 13.9 Å². The van der Waals surface area contributed by atoms with E-state index in [9.17, 15) is 18.0 Å². The summed E-state index contributed by atoms with van der Waals surface area (Å²) in [5.74, 6) is 0.128. The van der Waals surface area contributed by atoms with Crippen molar-refractivity contribution in [3.05, 3.63) is 76.1 Å². The van der Waals surface area contributed by atoms with Gasteiger partial charge in [-0.3, -0.25) is 0 Å². The van der Waals surface area contributed by atoms with Gasteiger partial charge in [0.25, 0.3) is 0 Å². The van der Waals surface area contributed by atoms with Gasteiger partial charge < -0.3 is 13.9 Å². The molecule has 190 valence electrons. The van der Waals surface area contributed by atoms with Crippen molar-refractivity contribution in [3.63, 3.8) is 0 Å².